The van der Waals surface area contributed by atoms with Crippen molar-refractivity contribution in [2.45, 2.75) is 13.0 Å². The van der Waals surface area contributed by atoms with Crippen LogP contribution in [0.1, 0.15) is 18.5 Å². The molecule has 0 aliphatic rings. The zero-order chi connectivity index (χ0) is 15.2. The topological polar surface area (TPSA) is 41.1 Å². The molecule has 0 saturated carbocycles. The SMILES string of the molecule is C[C@@H](NCC(=O)Nc1cccc(Br)c1)c1cccc(Cl)c1. The van der Waals surface area contributed by atoms with Gasteiger partial charge in [-0.2, -0.15) is 0 Å². The van der Waals surface area contributed by atoms with Crippen molar-refractivity contribution >= 4 is 39.1 Å². The van der Waals surface area contributed by atoms with Crippen LogP contribution in [0.3, 0.4) is 0 Å². The van der Waals surface area contributed by atoms with Gasteiger partial charge in [-0.25, -0.2) is 0 Å². The van der Waals surface area contributed by atoms with Crippen LogP contribution >= 0.6 is 27.5 Å². The highest BCUT2D eigenvalue weighted by molar-refractivity contribution is 9.10. The first-order valence-electron chi connectivity index (χ1n) is 6.59. The van der Waals surface area contributed by atoms with Crippen LogP contribution in [-0.2, 0) is 4.79 Å². The van der Waals surface area contributed by atoms with Crippen LogP contribution in [0.5, 0.6) is 0 Å². The van der Waals surface area contributed by atoms with Crippen molar-refractivity contribution in [3.63, 3.8) is 0 Å². The van der Waals surface area contributed by atoms with E-state index in [0.29, 0.717) is 5.02 Å². The summed E-state index contributed by atoms with van der Waals surface area (Å²) in [6, 6.07) is 15.2. The van der Waals surface area contributed by atoms with E-state index >= 15 is 0 Å². The van der Waals surface area contributed by atoms with Gasteiger partial charge in [0.25, 0.3) is 0 Å². The molecule has 0 radical (unpaired) electrons. The summed E-state index contributed by atoms with van der Waals surface area (Å²) in [4.78, 5) is 11.9. The zero-order valence-corrected chi connectivity index (χ0v) is 13.9. The molecule has 0 aliphatic heterocycles. The largest absolute Gasteiger partial charge is 0.325 e. The minimum Gasteiger partial charge on any atom is -0.325 e. The standard InChI is InChI=1S/C16H16BrClN2O/c1-11(12-4-2-6-14(18)8-12)19-10-16(21)20-15-7-3-5-13(17)9-15/h2-9,11,19H,10H2,1H3,(H,20,21)/t11-/m1/s1. The molecule has 110 valence electrons. The Balaban J connectivity index is 1.86. The summed E-state index contributed by atoms with van der Waals surface area (Å²) in [7, 11) is 0. The number of carbonyl (C=O) groups is 1. The quantitative estimate of drug-likeness (QED) is 0.823. The molecule has 0 aromatic heterocycles. The average molecular weight is 368 g/mol. The summed E-state index contributed by atoms with van der Waals surface area (Å²) in [6.45, 7) is 2.23. The lowest BCUT2D eigenvalue weighted by atomic mass is 10.1. The second-order valence-electron chi connectivity index (χ2n) is 4.72. The minimum absolute atomic E-state index is 0.0527. The van der Waals surface area contributed by atoms with E-state index in [1.165, 1.54) is 0 Å². The molecule has 0 unspecified atom stereocenters. The molecule has 1 atom stereocenters. The summed E-state index contributed by atoms with van der Waals surface area (Å²) < 4.78 is 0.931. The molecule has 2 rings (SSSR count). The second kappa shape index (κ2) is 7.59. The Hall–Kier alpha value is -1.36. The van der Waals surface area contributed by atoms with Gasteiger partial charge in [0.2, 0.25) is 5.91 Å². The number of rotatable bonds is 5. The van der Waals surface area contributed by atoms with Crippen LogP contribution in [0.25, 0.3) is 0 Å². The van der Waals surface area contributed by atoms with Crippen LogP contribution in [0.2, 0.25) is 5.02 Å². The number of anilines is 1. The average Bonchev–Trinajstić information content (AvgIpc) is 2.45. The number of hydrogen-bond donors (Lipinski definition) is 2. The summed E-state index contributed by atoms with van der Waals surface area (Å²) in [5, 5.41) is 6.72. The maximum Gasteiger partial charge on any atom is 0.238 e. The highest BCUT2D eigenvalue weighted by Crippen LogP contribution is 2.17. The van der Waals surface area contributed by atoms with Gasteiger partial charge in [0.15, 0.2) is 0 Å². The molecule has 0 aliphatic carbocycles. The molecule has 0 fully saturated rings. The molecule has 2 aromatic rings. The van der Waals surface area contributed by atoms with Gasteiger partial charge >= 0.3 is 0 Å². The number of amides is 1. The molecular formula is C16H16BrClN2O. The lowest BCUT2D eigenvalue weighted by Gasteiger charge is -2.14. The Kier molecular flexibility index (Phi) is 5.79. The van der Waals surface area contributed by atoms with Crippen LogP contribution in [0.15, 0.2) is 53.0 Å². The molecule has 5 heteroatoms. The van der Waals surface area contributed by atoms with Crippen LogP contribution in [-0.4, -0.2) is 12.5 Å². The van der Waals surface area contributed by atoms with E-state index in [9.17, 15) is 4.79 Å². The van der Waals surface area contributed by atoms with E-state index in [2.05, 4.69) is 26.6 Å². The van der Waals surface area contributed by atoms with Crippen LogP contribution < -0.4 is 10.6 Å². The number of hydrogen-bond acceptors (Lipinski definition) is 2. The van der Waals surface area contributed by atoms with Crippen molar-refractivity contribution in [3.05, 3.63) is 63.6 Å². The first-order chi connectivity index (χ1) is 10.0. The second-order valence-corrected chi connectivity index (χ2v) is 6.07. The molecule has 0 heterocycles. The van der Waals surface area contributed by atoms with Crippen LogP contribution in [0.4, 0.5) is 5.69 Å². The normalized spacial score (nSPS) is 12.0. The van der Waals surface area contributed by atoms with Crippen LogP contribution in [0, 0.1) is 0 Å². The Labute approximate surface area is 137 Å². The van der Waals surface area contributed by atoms with E-state index in [1.807, 2.05) is 55.5 Å². The van der Waals surface area contributed by atoms with Crippen molar-refractivity contribution in [2.24, 2.45) is 0 Å². The first-order valence-corrected chi connectivity index (χ1v) is 7.76. The molecule has 2 N–H and O–H groups in total. The van der Waals surface area contributed by atoms with Crippen molar-refractivity contribution in [1.82, 2.24) is 5.32 Å². The fourth-order valence-corrected chi connectivity index (χ4v) is 2.51. The first kappa shape index (κ1) is 16.0. The Morgan fingerprint density at radius 3 is 2.71 bits per heavy atom. The number of carbonyl (C=O) groups excluding carboxylic acids is 1. The number of halogens is 2. The predicted molar refractivity (Wildman–Crippen MR) is 90.6 cm³/mol. The van der Waals surface area contributed by atoms with Gasteiger partial charge in [0.05, 0.1) is 6.54 Å². The summed E-state index contributed by atoms with van der Waals surface area (Å²) in [5.41, 5.74) is 1.82. The van der Waals surface area contributed by atoms with Gasteiger partial charge in [-0.15, -0.1) is 0 Å². The molecular weight excluding hydrogens is 352 g/mol. The van der Waals surface area contributed by atoms with E-state index in [-0.39, 0.29) is 18.5 Å². The zero-order valence-electron chi connectivity index (χ0n) is 11.6. The van der Waals surface area contributed by atoms with Crippen molar-refractivity contribution in [3.8, 4) is 0 Å². The molecule has 0 bridgehead atoms. The van der Waals surface area contributed by atoms with Gasteiger partial charge in [-0.3, -0.25) is 4.79 Å². The highest BCUT2D eigenvalue weighted by atomic mass is 79.9. The Bertz CT molecular complexity index is 633. The van der Waals surface area contributed by atoms with E-state index in [1.54, 1.807) is 0 Å². The third-order valence-electron chi connectivity index (χ3n) is 3.03. The van der Waals surface area contributed by atoms with E-state index < -0.39 is 0 Å². The maximum absolute atomic E-state index is 11.9. The maximum atomic E-state index is 11.9. The third kappa shape index (κ3) is 5.16. The summed E-state index contributed by atoms with van der Waals surface area (Å²) in [5.74, 6) is -0.0815. The van der Waals surface area contributed by atoms with Gasteiger partial charge < -0.3 is 10.6 Å². The number of benzene rings is 2. The summed E-state index contributed by atoms with van der Waals surface area (Å²) in [6.07, 6.45) is 0. The molecule has 2 aromatic carbocycles. The van der Waals surface area contributed by atoms with Gasteiger partial charge in [-0.1, -0.05) is 45.7 Å². The molecule has 1 amide bonds. The fraction of sp³-hybridized carbons (Fsp3) is 0.188. The molecule has 3 nitrogen and oxygen atoms in total. The Morgan fingerprint density at radius 1 is 1.24 bits per heavy atom. The van der Waals surface area contributed by atoms with E-state index in [0.717, 1.165) is 15.7 Å². The minimum atomic E-state index is -0.0815. The molecule has 0 saturated heterocycles. The number of nitrogens with one attached hydrogen (secondary N) is 2. The van der Waals surface area contributed by atoms with Crippen molar-refractivity contribution in [1.29, 1.82) is 0 Å². The molecule has 21 heavy (non-hydrogen) atoms. The van der Waals surface area contributed by atoms with Crippen molar-refractivity contribution in [2.75, 3.05) is 11.9 Å². The van der Waals surface area contributed by atoms with Crippen molar-refractivity contribution < 1.29 is 4.79 Å². The van der Waals surface area contributed by atoms with Gasteiger partial charge in [0, 0.05) is 21.2 Å². The van der Waals surface area contributed by atoms with E-state index in [4.69, 9.17) is 11.6 Å². The fourth-order valence-electron chi connectivity index (χ4n) is 1.91. The third-order valence-corrected chi connectivity index (χ3v) is 3.75. The monoisotopic (exact) mass is 366 g/mol. The molecule has 0 spiro atoms. The highest BCUT2D eigenvalue weighted by Gasteiger charge is 2.08. The predicted octanol–water partition coefficient (Wildman–Crippen LogP) is 4.39. The smallest absolute Gasteiger partial charge is 0.238 e. The lowest BCUT2D eigenvalue weighted by Crippen LogP contribution is -2.30. The lowest BCUT2D eigenvalue weighted by molar-refractivity contribution is -0.115. The Morgan fingerprint density at radius 2 is 2.00 bits per heavy atom. The van der Waals surface area contributed by atoms with Gasteiger partial charge in [-0.05, 0) is 42.8 Å². The van der Waals surface area contributed by atoms with Gasteiger partial charge in [0.1, 0.15) is 0 Å². The summed E-state index contributed by atoms with van der Waals surface area (Å²) >= 11 is 9.33.